The van der Waals surface area contributed by atoms with Crippen molar-refractivity contribution < 1.29 is 0 Å². The highest BCUT2D eigenvalue weighted by Crippen LogP contribution is 2.30. The molecule has 2 aromatic rings. The van der Waals surface area contributed by atoms with E-state index in [9.17, 15) is 0 Å². The smallest absolute Gasteiger partial charge is 0.127 e. The van der Waals surface area contributed by atoms with Crippen LogP contribution in [0.4, 0.5) is 11.5 Å². The molecule has 1 aromatic carbocycles. The molecule has 106 valence electrons. The van der Waals surface area contributed by atoms with Crippen molar-refractivity contribution in [2.24, 2.45) is 0 Å². The van der Waals surface area contributed by atoms with Crippen molar-refractivity contribution in [2.45, 2.75) is 19.9 Å². The van der Waals surface area contributed by atoms with Crippen LogP contribution in [0.15, 0.2) is 42.6 Å². The van der Waals surface area contributed by atoms with E-state index in [4.69, 9.17) is 11.6 Å². The Morgan fingerprint density at radius 1 is 1.30 bits per heavy atom. The van der Waals surface area contributed by atoms with Crippen molar-refractivity contribution >= 4 is 23.1 Å². The summed E-state index contributed by atoms with van der Waals surface area (Å²) in [4.78, 5) is 6.50. The number of anilines is 2. The number of nitrogens with one attached hydrogen (secondary N) is 1. The van der Waals surface area contributed by atoms with Crippen molar-refractivity contribution in [1.29, 1.82) is 0 Å². The second kappa shape index (κ2) is 6.62. The summed E-state index contributed by atoms with van der Waals surface area (Å²) >= 11 is 6.28. The number of hydrogen-bond donors (Lipinski definition) is 1. The summed E-state index contributed by atoms with van der Waals surface area (Å²) < 4.78 is 0. The molecule has 0 saturated carbocycles. The molecule has 0 spiro atoms. The van der Waals surface area contributed by atoms with E-state index in [1.54, 1.807) is 0 Å². The fraction of sp³-hybridized carbons (Fsp3) is 0.312. The first-order valence-corrected chi connectivity index (χ1v) is 7.18. The van der Waals surface area contributed by atoms with Gasteiger partial charge in [0.2, 0.25) is 0 Å². The number of halogens is 1. The summed E-state index contributed by atoms with van der Waals surface area (Å²) in [6, 6.07) is 12.2. The van der Waals surface area contributed by atoms with E-state index in [0.29, 0.717) is 0 Å². The largest absolute Gasteiger partial charge is 0.370 e. The molecule has 0 radical (unpaired) electrons. The van der Waals surface area contributed by atoms with Crippen LogP contribution in [0.25, 0.3) is 0 Å². The molecule has 4 heteroatoms. The minimum Gasteiger partial charge on any atom is -0.370 e. The summed E-state index contributed by atoms with van der Waals surface area (Å²) in [5.41, 5.74) is 2.24. The number of aromatic nitrogens is 1. The van der Waals surface area contributed by atoms with E-state index in [1.165, 1.54) is 0 Å². The average molecular weight is 290 g/mol. The maximum atomic E-state index is 6.28. The molecule has 0 aliphatic heterocycles. The Hall–Kier alpha value is -1.74. The standard InChI is InChI=1S/C16H20ClN3/c1-4-18-16-11-13(9-10-19-16)20(3)12(2)14-7-5-6-8-15(14)17/h5-12H,4H2,1-3H3,(H,18,19). The van der Waals surface area contributed by atoms with Crippen LogP contribution < -0.4 is 10.2 Å². The second-order valence-corrected chi connectivity index (χ2v) is 5.15. The van der Waals surface area contributed by atoms with Gasteiger partial charge in [0.1, 0.15) is 5.82 Å². The lowest BCUT2D eigenvalue weighted by atomic mass is 10.1. The fourth-order valence-electron chi connectivity index (χ4n) is 2.16. The lowest BCUT2D eigenvalue weighted by Crippen LogP contribution is -2.22. The maximum Gasteiger partial charge on any atom is 0.127 e. The number of nitrogens with zero attached hydrogens (tertiary/aromatic N) is 2. The molecule has 20 heavy (non-hydrogen) atoms. The van der Waals surface area contributed by atoms with Gasteiger partial charge >= 0.3 is 0 Å². The summed E-state index contributed by atoms with van der Waals surface area (Å²) in [7, 11) is 2.07. The number of rotatable bonds is 5. The van der Waals surface area contributed by atoms with Gasteiger partial charge in [-0.25, -0.2) is 4.98 Å². The SMILES string of the molecule is CCNc1cc(N(C)C(C)c2ccccc2Cl)ccn1. The van der Waals surface area contributed by atoms with Gasteiger partial charge in [-0.15, -0.1) is 0 Å². The molecule has 2 rings (SSSR count). The number of hydrogen-bond acceptors (Lipinski definition) is 3. The normalized spacial score (nSPS) is 12.0. The van der Waals surface area contributed by atoms with Gasteiger partial charge in [0.15, 0.2) is 0 Å². The topological polar surface area (TPSA) is 28.2 Å². The summed E-state index contributed by atoms with van der Waals surface area (Å²) in [6.45, 7) is 5.07. The Kier molecular flexibility index (Phi) is 4.85. The minimum absolute atomic E-state index is 0.195. The van der Waals surface area contributed by atoms with Crippen molar-refractivity contribution in [1.82, 2.24) is 4.98 Å². The molecule has 3 nitrogen and oxygen atoms in total. The highest BCUT2D eigenvalue weighted by Gasteiger charge is 2.15. The van der Waals surface area contributed by atoms with Crippen LogP contribution in [0.2, 0.25) is 5.02 Å². The van der Waals surface area contributed by atoms with Gasteiger partial charge in [-0.3, -0.25) is 0 Å². The lowest BCUT2D eigenvalue weighted by molar-refractivity contribution is 0.739. The number of pyridine rings is 1. The molecular weight excluding hydrogens is 270 g/mol. The Balaban J connectivity index is 2.24. The third kappa shape index (κ3) is 3.23. The molecule has 0 fully saturated rings. The monoisotopic (exact) mass is 289 g/mol. The van der Waals surface area contributed by atoms with Gasteiger partial charge in [-0.2, -0.15) is 0 Å². The van der Waals surface area contributed by atoms with E-state index in [0.717, 1.165) is 28.6 Å². The molecule has 1 atom stereocenters. The second-order valence-electron chi connectivity index (χ2n) is 4.74. The first-order chi connectivity index (χ1) is 9.63. The minimum atomic E-state index is 0.195. The Bertz CT molecular complexity index is 571. The zero-order chi connectivity index (χ0) is 14.5. The van der Waals surface area contributed by atoms with Crippen molar-refractivity contribution in [3.8, 4) is 0 Å². The molecule has 1 N–H and O–H groups in total. The summed E-state index contributed by atoms with van der Waals surface area (Å²) in [5, 5.41) is 4.03. The molecule has 0 aliphatic rings. The van der Waals surface area contributed by atoms with Crippen LogP contribution >= 0.6 is 11.6 Å². The molecule has 0 saturated heterocycles. The third-order valence-electron chi connectivity index (χ3n) is 3.44. The first kappa shape index (κ1) is 14.7. The lowest BCUT2D eigenvalue weighted by Gasteiger charge is -2.28. The zero-order valence-electron chi connectivity index (χ0n) is 12.1. The van der Waals surface area contributed by atoms with Crippen molar-refractivity contribution in [3.63, 3.8) is 0 Å². The Morgan fingerprint density at radius 3 is 2.75 bits per heavy atom. The van der Waals surface area contributed by atoms with Crippen molar-refractivity contribution in [3.05, 3.63) is 53.2 Å². The summed E-state index contributed by atoms with van der Waals surface area (Å²) in [5.74, 6) is 0.892. The van der Waals surface area contributed by atoms with Gasteiger partial charge in [0.25, 0.3) is 0 Å². The fourth-order valence-corrected chi connectivity index (χ4v) is 2.46. The summed E-state index contributed by atoms with van der Waals surface area (Å²) in [6.07, 6.45) is 1.82. The van der Waals surface area contributed by atoms with Gasteiger partial charge in [-0.1, -0.05) is 29.8 Å². The predicted octanol–water partition coefficient (Wildman–Crippen LogP) is 4.36. The van der Waals surface area contributed by atoms with Gasteiger partial charge in [0.05, 0.1) is 6.04 Å². The molecule has 0 amide bonds. The predicted molar refractivity (Wildman–Crippen MR) is 86.7 cm³/mol. The van der Waals surface area contributed by atoms with Crippen LogP contribution in [-0.2, 0) is 0 Å². The molecule has 1 aromatic heterocycles. The highest BCUT2D eigenvalue weighted by atomic mass is 35.5. The van der Waals surface area contributed by atoms with E-state index in [1.807, 2.05) is 30.5 Å². The van der Waals surface area contributed by atoms with Crippen LogP contribution in [0.5, 0.6) is 0 Å². The van der Waals surface area contributed by atoms with E-state index < -0.39 is 0 Å². The van der Waals surface area contributed by atoms with Crippen LogP contribution in [-0.4, -0.2) is 18.6 Å². The Labute approximate surface area is 125 Å². The number of benzene rings is 1. The van der Waals surface area contributed by atoms with Crippen LogP contribution in [0, 0.1) is 0 Å². The van der Waals surface area contributed by atoms with Crippen molar-refractivity contribution in [2.75, 3.05) is 23.8 Å². The van der Waals surface area contributed by atoms with E-state index in [-0.39, 0.29) is 6.04 Å². The van der Waals surface area contributed by atoms with Crippen LogP contribution in [0.1, 0.15) is 25.5 Å². The van der Waals surface area contributed by atoms with E-state index >= 15 is 0 Å². The average Bonchev–Trinajstić information content (AvgIpc) is 2.47. The maximum absolute atomic E-state index is 6.28. The molecule has 0 bridgehead atoms. The van der Waals surface area contributed by atoms with Crippen LogP contribution in [0.3, 0.4) is 0 Å². The highest BCUT2D eigenvalue weighted by molar-refractivity contribution is 6.31. The first-order valence-electron chi connectivity index (χ1n) is 6.80. The Morgan fingerprint density at radius 2 is 2.05 bits per heavy atom. The van der Waals surface area contributed by atoms with Gasteiger partial charge in [0, 0.05) is 36.6 Å². The van der Waals surface area contributed by atoms with Gasteiger partial charge < -0.3 is 10.2 Å². The quantitative estimate of drug-likeness (QED) is 0.886. The van der Waals surface area contributed by atoms with Gasteiger partial charge in [-0.05, 0) is 31.5 Å². The molecule has 1 unspecified atom stereocenters. The third-order valence-corrected chi connectivity index (χ3v) is 3.79. The molecule has 1 heterocycles. The van der Waals surface area contributed by atoms with E-state index in [2.05, 4.69) is 48.2 Å². The molecular formula is C16H20ClN3. The molecule has 0 aliphatic carbocycles. The zero-order valence-corrected chi connectivity index (χ0v) is 12.9.